The highest BCUT2D eigenvalue weighted by molar-refractivity contribution is 6.31. The summed E-state index contributed by atoms with van der Waals surface area (Å²) in [6.45, 7) is 2.76. The van der Waals surface area contributed by atoms with Crippen molar-refractivity contribution in [2.45, 2.75) is 19.8 Å². The highest BCUT2D eigenvalue weighted by Gasteiger charge is 2.04. The maximum atomic E-state index is 11.4. The third kappa shape index (κ3) is 4.27. The van der Waals surface area contributed by atoms with Gasteiger partial charge in [0.2, 0.25) is 5.91 Å². The summed E-state index contributed by atoms with van der Waals surface area (Å²) in [6, 6.07) is 5.79. The Bertz CT molecular complexity index is 391. The molecular weight excluding hydrogens is 236 g/mol. The summed E-state index contributed by atoms with van der Waals surface area (Å²) >= 11 is 6.02. The predicted octanol–water partition coefficient (Wildman–Crippen LogP) is 2.93. The van der Waals surface area contributed by atoms with Gasteiger partial charge in [-0.25, -0.2) is 0 Å². The Morgan fingerprint density at radius 2 is 2.12 bits per heavy atom. The Morgan fingerprint density at radius 3 is 2.76 bits per heavy atom. The lowest BCUT2D eigenvalue weighted by atomic mass is 10.2. The monoisotopic (exact) mass is 254 g/mol. The fraction of sp³-hybridized carbons (Fsp3) is 0.462. The van der Waals surface area contributed by atoms with Crippen LogP contribution in [-0.2, 0) is 4.79 Å². The van der Waals surface area contributed by atoms with E-state index in [2.05, 4.69) is 5.32 Å². The first-order chi connectivity index (χ1) is 8.02. The number of carbonyl (C=O) groups excluding carboxylic acids is 1. The van der Waals surface area contributed by atoms with Gasteiger partial charge >= 0.3 is 0 Å². The molecule has 17 heavy (non-hydrogen) atoms. The Kier molecular flexibility index (Phi) is 5.29. The Labute approximate surface area is 108 Å². The molecule has 0 atom stereocenters. The van der Waals surface area contributed by atoms with Crippen LogP contribution in [-0.4, -0.2) is 31.4 Å². The molecule has 0 bridgehead atoms. The fourth-order valence-corrected chi connectivity index (χ4v) is 1.66. The van der Waals surface area contributed by atoms with E-state index in [1.165, 1.54) is 0 Å². The quantitative estimate of drug-likeness (QED) is 0.820. The second-order valence-corrected chi connectivity index (χ2v) is 4.64. The summed E-state index contributed by atoms with van der Waals surface area (Å²) in [6.07, 6.45) is 1.39. The van der Waals surface area contributed by atoms with Crippen molar-refractivity contribution in [2.24, 2.45) is 0 Å². The lowest BCUT2D eigenvalue weighted by Gasteiger charge is -2.12. The molecule has 0 radical (unpaired) electrons. The van der Waals surface area contributed by atoms with Crippen LogP contribution in [0.3, 0.4) is 0 Å². The van der Waals surface area contributed by atoms with Crippen molar-refractivity contribution in [1.29, 1.82) is 0 Å². The van der Waals surface area contributed by atoms with Gasteiger partial charge in [0.15, 0.2) is 0 Å². The first-order valence-corrected chi connectivity index (χ1v) is 6.09. The molecule has 0 aromatic heterocycles. The van der Waals surface area contributed by atoms with E-state index in [4.69, 9.17) is 11.6 Å². The highest BCUT2D eigenvalue weighted by atomic mass is 35.5. The molecule has 0 aliphatic heterocycles. The van der Waals surface area contributed by atoms with Crippen molar-refractivity contribution in [1.82, 2.24) is 4.90 Å². The van der Waals surface area contributed by atoms with Gasteiger partial charge in [0.25, 0.3) is 0 Å². The fourth-order valence-electron chi connectivity index (χ4n) is 1.49. The minimum Gasteiger partial charge on any atom is -0.385 e. The van der Waals surface area contributed by atoms with E-state index in [0.717, 1.165) is 29.2 Å². The number of anilines is 1. The lowest BCUT2D eigenvalue weighted by Crippen LogP contribution is -2.22. The number of hydrogen-bond donors (Lipinski definition) is 1. The minimum absolute atomic E-state index is 0.162. The topological polar surface area (TPSA) is 32.3 Å². The van der Waals surface area contributed by atoms with Crippen molar-refractivity contribution in [2.75, 3.05) is 26.0 Å². The molecule has 1 N–H and O–H groups in total. The minimum atomic E-state index is 0.162. The Hall–Kier alpha value is -1.22. The van der Waals surface area contributed by atoms with Crippen LogP contribution < -0.4 is 5.32 Å². The van der Waals surface area contributed by atoms with Gasteiger partial charge < -0.3 is 10.2 Å². The molecule has 1 aromatic rings. The molecule has 0 fully saturated rings. The molecule has 94 valence electrons. The summed E-state index contributed by atoms with van der Waals surface area (Å²) in [5, 5.41) is 4.06. The van der Waals surface area contributed by atoms with Gasteiger partial charge in [-0.15, -0.1) is 0 Å². The average Bonchev–Trinajstić information content (AvgIpc) is 2.29. The van der Waals surface area contributed by atoms with Crippen molar-refractivity contribution in [3.63, 3.8) is 0 Å². The molecule has 0 saturated carbocycles. The molecule has 0 aliphatic carbocycles. The molecule has 3 nitrogen and oxygen atoms in total. The van der Waals surface area contributed by atoms with Crippen molar-refractivity contribution in [3.05, 3.63) is 28.8 Å². The lowest BCUT2D eigenvalue weighted by molar-refractivity contribution is -0.128. The van der Waals surface area contributed by atoms with Crippen LogP contribution in [0.15, 0.2) is 18.2 Å². The third-order valence-corrected chi connectivity index (χ3v) is 3.06. The number of benzene rings is 1. The van der Waals surface area contributed by atoms with Gasteiger partial charge in [0, 0.05) is 37.8 Å². The van der Waals surface area contributed by atoms with Crippen LogP contribution >= 0.6 is 11.6 Å². The van der Waals surface area contributed by atoms with Crippen LogP contribution in [0.2, 0.25) is 5.02 Å². The second kappa shape index (κ2) is 6.50. The maximum absolute atomic E-state index is 11.4. The molecule has 0 unspecified atom stereocenters. The number of carbonyl (C=O) groups is 1. The van der Waals surface area contributed by atoms with E-state index in [-0.39, 0.29) is 5.91 Å². The first kappa shape index (κ1) is 13.8. The molecule has 0 saturated heterocycles. The Balaban J connectivity index is 2.36. The van der Waals surface area contributed by atoms with E-state index in [1.54, 1.807) is 19.0 Å². The number of hydrogen-bond acceptors (Lipinski definition) is 2. The maximum Gasteiger partial charge on any atom is 0.222 e. The molecule has 4 heteroatoms. The average molecular weight is 255 g/mol. The number of rotatable bonds is 5. The van der Waals surface area contributed by atoms with Gasteiger partial charge in [-0.2, -0.15) is 0 Å². The van der Waals surface area contributed by atoms with Crippen LogP contribution in [0, 0.1) is 6.92 Å². The zero-order valence-corrected chi connectivity index (χ0v) is 11.3. The SMILES string of the molecule is Cc1c(Cl)cccc1NCCCC(=O)N(C)C. The molecule has 1 rings (SSSR count). The zero-order valence-electron chi connectivity index (χ0n) is 10.6. The summed E-state index contributed by atoms with van der Waals surface area (Å²) in [4.78, 5) is 13.0. The summed E-state index contributed by atoms with van der Waals surface area (Å²) in [7, 11) is 3.55. The zero-order chi connectivity index (χ0) is 12.8. The van der Waals surface area contributed by atoms with Gasteiger partial charge in [0.1, 0.15) is 0 Å². The van der Waals surface area contributed by atoms with Crippen LogP contribution in [0.4, 0.5) is 5.69 Å². The number of halogens is 1. The second-order valence-electron chi connectivity index (χ2n) is 4.23. The van der Waals surface area contributed by atoms with Crippen molar-refractivity contribution >= 4 is 23.2 Å². The van der Waals surface area contributed by atoms with Crippen molar-refractivity contribution in [3.8, 4) is 0 Å². The summed E-state index contributed by atoms with van der Waals surface area (Å²) in [5.41, 5.74) is 2.09. The summed E-state index contributed by atoms with van der Waals surface area (Å²) in [5.74, 6) is 0.162. The highest BCUT2D eigenvalue weighted by Crippen LogP contribution is 2.22. The molecule has 0 heterocycles. The van der Waals surface area contributed by atoms with E-state index in [0.29, 0.717) is 6.42 Å². The molecule has 0 aliphatic rings. The van der Waals surface area contributed by atoms with E-state index >= 15 is 0 Å². The third-order valence-electron chi connectivity index (χ3n) is 2.65. The number of nitrogens with zero attached hydrogens (tertiary/aromatic N) is 1. The van der Waals surface area contributed by atoms with Crippen LogP contribution in [0.1, 0.15) is 18.4 Å². The largest absolute Gasteiger partial charge is 0.385 e. The molecule has 0 spiro atoms. The van der Waals surface area contributed by atoms with Crippen LogP contribution in [0.25, 0.3) is 0 Å². The molecule has 1 amide bonds. The standard InChI is InChI=1S/C13H19ClN2O/c1-10-11(14)6-4-7-12(10)15-9-5-8-13(17)16(2)3/h4,6-7,15H,5,8-9H2,1-3H3. The first-order valence-electron chi connectivity index (χ1n) is 5.71. The van der Waals surface area contributed by atoms with Crippen LogP contribution in [0.5, 0.6) is 0 Å². The number of amides is 1. The summed E-state index contributed by atoms with van der Waals surface area (Å²) < 4.78 is 0. The van der Waals surface area contributed by atoms with Gasteiger partial charge in [-0.3, -0.25) is 4.79 Å². The van der Waals surface area contributed by atoms with Gasteiger partial charge in [0.05, 0.1) is 0 Å². The molecular formula is C13H19ClN2O. The van der Waals surface area contributed by atoms with E-state index in [9.17, 15) is 4.79 Å². The van der Waals surface area contributed by atoms with E-state index < -0.39 is 0 Å². The normalized spacial score (nSPS) is 10.1. The van der Waals surface area contributed by atoms with Gasteiger partial charge in [-0.05, 0) is 31.0 Å². The predicted molar refractivity (Wildman–Crippen MR) is 72.6 cm³/mol. The molecule has 1 aromatic carbocycles. The number of nitrogens with one attached hydrogen (secondary N) is 1. The van der Waals surface area contributed by atoms with Crippen molar-refractivity contribution < 1.29 is 4.79 Å². The van der Waals surface area contributed by atoms with E-state index in [1.807, 2.05) is 25.1 Å². The van der Waals surface area contributed by atoms with Gasteiger partial charge in [-0.1, -0.05) is 17.7 Å². The smallest absolute Gasteiger partial charge is 0.222 e. The Morgan fingerprint density at radius 1 is 1.41 bits per heavy atom.